The first-order valence-corrected chi connectivity index (χ1v) is 5.33. The fourth-order valence-corrected chi connectivity index (χ4v) is 1.69. The Morgan fingerprint density at radius 1 is 1.54 bits per heavy atom. The van der Waals surface area contributed by atoms with E-state index in [2.05, 4.69) is 17.2 Å². The maximum atomic E-state index is 10.7. The summed E-state index contributed by atoms with van der Waals surface area (Å²) in [6.45, 7) is 4.09. The first-order chi connectivity index (χ1) is 6.33. The Balaban J connectivity index is 2.29. The lowest BCUT2D eigenvalue weighted by Gasteiger charge is -2.00. The standard InChI is InChI=1S/C9H14N2OS/c1-2-10-5-6-13-8-3-4-9(12)11-7-8/h3-4,7,10H,2,5-6H2,1H3,(H,11,12). The van der Waals surface area contributed by atoms with E-state index >= 15 is 0 Å². The molecule has 0 radical (unpaired) electrons. The summed E-state index contributed by atoms with van der Waals surface area (Å²) in [6.07, 6.45) is 1.75. The van der Waals surface area contributed by atoms with Crippen LogP contribution in [-0.4, -0.2) is 23.8 Å². The number of aromatic amines is 1. The number of nitrogens with one attached hydrogen (secondary N) is 2. The van der Waals surface area contributed by atoms with Crippen molar-refractivity contribution in [3.8, 4) is 0 Å². The summed E-state index contributed by atoms with van der Waals surface area (Å²) in [5, 5.41) is 3.24. The van der Waals surface area contributed by atoms with Gasteiger partial charge in [-0.3, -0.25) is 4.79 Å². The Hall–Kier alpha value is -0.740. The lowest BCUT2D eigenvalue weighted by molar-refractivity contribution is 0.768. The summed E-state index contributed by atoms with van der Waals surface area (Å²) >= 11 is 1.74. The molecule has 1 aromatic heterocycles. The van der Waals surface area contributed by atoms with Crippen molar-refractivity contribution in [3.63, 3.8) is 0 Å². The van der Waals surface area contributed by atoms with Crippen molar-refractivity contribution in [1.82, 2.24) is 10.3 Å². The topological polar surface area (TPSA) is 44.9 Å². The third-order valence-electron chi connectivity index (χ3n) is 1.55. The molecule has 72 valence electrons. The number of hydrogen-bond acceptors (Lipinski definition) is 3. The molecule has 13 heavy (non-hydrogen) atoms. The van der Waals surface area contributed by atoms with Crippen molar-refractivity contribution in [2.75, 3.05) is 18.8 Å². The molecule has 0 aliphatic carbocycles. The molecule has 0 aliphatic rings. The van der Waals surface area contributed by atoms with Gasteiger partial charge in [-0.05, 0) is 12.6 Å². The van der Waals surface area contributed by atoms with Crippen LogP contribution in [0, 0.1) is 0 Å². The second kappa shape index (κ2) is 5.83. The van der Waals surface area contributed by atoms with Crippen LogP contribution in [0.4, 0.5) is 0 Å². The molecule has 0 fully saturated rings. The Bertz CT molecular complexity index is 277. The molecule has 0 saturated carbocycles. The minimum Gasteiger partial charge on any atom is -0.328 e. The summed E-state index contributed by atoms with van der Waals surface area (Å²) in [6, 6.07) is 3.39. The molecule has 0 spiro atoms. The minimum atomic E-state index is -0.0453. The summed E-state index contributed by atoms with van der Waals surface area (Å²) in [5.74, 6) is 1.03. The summed E-state index contributed by atoms with van der Waals surface area (Å²) < 4.78 is 0. The van der Waals surface area contributed by atoms with Crippen LogP contribution < -0.4 is 10.9 Å². The van der Waals surface area contributed by atoms with Crippen LogP contribution in [0.25, 0.3) is 0 Å². The van der Waals surface area contributed by atoms with Gasteiger partial charge in [-0.1, -0.05) is 6.92 Å². The van der Waals surface area contributed by atoms with Crippen molar-refractivity contribution in [2.45, 2.75) is 11.8 Å². The van der Waals surface area contributed by atoms with Gasteiger partial charge in [0, 0.05) is 29.5 Å². The van der Waals surface area contributed by atoms with Gasteiger partial charge in [0.1, 0.15) is 0 Å². The molecule has 4 heteroatoms. The van der Waals surface area contributed by atoms with E-state index in [-0.39, 0.29) is 5.56 Å². The molecule has 0 amide bonds. The molecule has 2 N–H and O–H groups in total. The summed E-state index contributed by atoms with van der Waals surface area (Å²) in [5.41, 5.74) is -0.0453. The molecule has 0 aliphatic heterocycles. The number of H-pyrrole nitrogens is 1. The van der Waals surface area contributed by atoms with Crippen LogP contribution in [0.2, 0.25) is 0 Å². The molecule has 3 nitrogen and oxygen atoms in total. The molecule has 1 heterocycles. The van der Waals surface area contributed by atoms with Crippen molar-refractivity contribution in [1.29, 1.82) is 0 Å². The van der Waals surface area contributed by atoms with Gasteiger partial charge in [0.15, 0.2) is 0 Å². The zero-order valence-electron chi connectivity index (χ0n) is 7.67. The third-order valence-corrected chi connectivity index (χ3v) is 2.55. The van der Waals surface area contributed by atoms with Gasteiger partial charge in [-0.25, -0.2) is 0 Å². The molecule has 0 saturated heterocycles. The van der Waals surface area contributed by atoms with Gasteiger partial charge in [0.25, 0.3) is 0 Å². The number of thioether (sulfide) groups is 1. The quantitative estimate of drug-likeness (QED) is 0.549. The molecule has 1 aromatic rings. The van der Waals surface area contributed by atoms with Crippen molar-refractivity contribution in [3.05, 3.63) is 28.7 Å². The van der Waals surface area contributed by atoms with Crippen molar-refractivity contribution >= 4 is 11.8 Å². The zero-order chi connectivity index (χ0) is 9.52. The smallest absolute Gasteiger partial charge is 0.247 e. The fourth-order valence-electron chi connectivity index (χ4n) is 0.904. The van der Waals surface area contributed by atoms with Gasteiger partial charge in [0.05, 0.1) is 0 Å². The van der Waals surface area contributed by atoms with E-state index in [1.807, 2.05) is 6.07 Å². The molecule has 0 bridgehead atoms. The Labute approximate surface area is 81.9 Å². The zero-order valence-corrected chi connectivity index (χ0v) is 8.49. The molecular formula is C9H14N2OS. The van der Waals surface area contributed by atoms with Gasteiger partial charge < -0.3 is 10.3 Å². The average molecular weight is 198 g/mol. The largest absolute Gasteiger partial charge is 0.328 e. The van der Waals surface area contributed by atoms with E-state index < -0.39 is 0 Å². The third kappa shape index (κ3) is 4.15. The first-order valence-electron chi connectivity index (χ1n) is 4.35. The van der Waals surface area contributed by atoms with Crippen molar-refractivity contribution < 1.29 is 0 Å². The Morgan fingerprint density at radius 3 is 3.00 bits per heavy atom. The lowest BCUT2D eigenvalue weighted by Crippen LogP contribution is -2.15. The van der Waals surface area contributed by atoms with E-state index in [1.165, 1.54) is 0 Å². The first kappa shape index (κ1) is 10.3. The van der Waals surface area contributed by atoms with Crippen molar-refractivity contribution in [2.24, 2.45) is 0 Å². The monoisotopic (exact) mass is 198 g/mol. The highest BCUT2D eigenvalue weighted by atomic mass is 32.2. The average Bonchev–Trinajstić information content (AvgIpc) is 2.15. The Kier molecular flexibility index (Phi) is 4.64. The van der Waals surface area contributed by atoms with Gasteiger partial charge in [-0.2, -0.15) is 0 Å². The highest BCUT2D eigenvalue weighted by Crippen LogP contribution is 2.13. The van der Waals surface area contributed by atoms with E-state index in [0.29, 0.717) is 0 Å². The van der Waals surface area contributed by atoms with Gasteiger partial charge in [0.2, 0.25) is 5.56 Å². The predicted molar refractivity (Wildman–Crippen MR) is 56.3 cm³/mol. The number of pyridine rings is 1. The number of aromatic nitrogens is 1. The lowest BCUT2D eigenvalue weighted by atomic mass is 10.5. The van der Waals surface area contributed by atoms with E-state index in [1.54, 1.807) is 24.0 Å². The highest BCUT2D eigenvalue weighted by Gasteiger charge is 1.92. The Morgan fingerprint density at radius 2 is 2.38 bits per heavy atom. The molecule has 0 aromatic carbocycles. The summed E-state index contributed by atoms with van der Waals surface area (Å²) in [7, 11) is 0. The molecule has 0 unspecified atom stereocenters. The number of rotatable bonds is 5. The van der Waals surface area contributed by atoms with E-state index in [0.717, 1.165) is 23.7 Å². The molecular weight excluding hydrogens is 184 g/mol. The van der Waals surface area contributed by atoms with E-state index in [9.17, 15) is 4.79 Å². The van der Waals surface area contributed by atoms with Crippen LogP contribution in [0.5, 0.6) is 0 Å². The van der Waals surface area contributed by atoms with Gasteiger partial charge in [-0.15, -0.1) is 11.8 Å². The fraction of sp³-hybridized carbons (Fsp3) is 0.444. The normalized spacial score (nSPS) is 10.2. The van der Waals surface area contributed by atoms with Crippen LogP contribution in [-0.2, 0) is 0 Å². The second-order valence-electron chi connectivity index (χ2n) is 2.59. The van der Waals surface area contributed by atoms with Crippen LogP contribution in [0.15, 0.2) is 28.0 Å². The minimum absolute atomic E-state index is 0.0453. The second-order valence-corrected chi connectivity index (χ2v) is 3.76. The summed E-state index contributed by atoms with van der Waals surface area (Å²) in [4.78, 5) is 14.5. The highest BCUT2D eigenvalue weighted by molar-refractivity contribution is 7.99. The SMILES string of the molecule is CCNCCSc1ccc(=O)[nH]c1. The van der Waals surface area contributed by atoms with E-state index in [4.69, 9.17) is 0 Å². The van der Waals surface area contributed by atoms with Crippen LogP contribution in [0.3, 0.4) is 0 Å². The van der Waals surface area contributed by atoms with Gasteiger partial charge >= 0.3 is 0 Å². The van der Waals surface area contributed by atoms with Crippen LogP contribution >= 0.6 is 11.8 Å². The maximum Gasteiger partial charge on any atom is 0.247 e. The number of hydrogen-bond donors (Lipinski definition) is 2. The molecule has 1 rings (SSSR count). The predicted octanol–water partition coefficient (Wildman–Crippen LogP) is 1.08. The molecule has 0 atom stereocenters. The maximum absolute atomic E-state index is 10.7. The van der Waals surface area contributed by atoms with Crippen LogP contribution in [0.1, 0.15) is 6.92 Å².